The number of rotatable bonds is 11. The Morgan fingerprint density at radius 1 is 1.15 bits per heavy atom. The molecule has 27 heavy (non-hydrogen) atoms. The van der Waals surface area contributed by atoms with E-state index in [1.807, 2.05) is 45.9 Å². The Morgan fingerprint density at radius 2 is 1.78 bits per heavy atom. The molecular formula is C22H36N2O3. The number of hydrogen-bond donors (Lipinski definition) is 2. The van der Waals surface area contributed by atoms with Crippen LogP contribution >= 0.6 is 0 Å². The van der Waals surface area contributed by atoms with Crippen LogP contribution in [-0.4, -0.2) is 38.5 Å². The predicted octanol–water partition coefficient (Wildman–Crippen LogP) is 4.33. The third-order valence-corrected chi connectivity index (χ3v) is 4.07. The maximum absolute atomic E-state index is 12.4. The van der Waals surface area contributed by atoms with Gasteiger partial charge in [0.15, 0.2) is 0 Å². The zero-order valence-corrected chi connectivity index (χ0v) is 17.7. The molecule has 0 aliphatic heterocycles. The molecule has 2 N–H and O–H groups in total. The van der Waals surface area contributed by atoms with E-state index in [0.29, 0.717) is 25.7 Å². The minimum Gasteiger partial charge on any atom is -0.379 e. The van der Waals surface area contributed by atoms with E-state index in [1.54, 1.807) is 0 Å². The van der Waals surface area contributed by atoms with Crippen LogP contribution in [0.15, 0.2) is 30.8 Å². The fourth-order valence-corrected chi connectivity index (χ4v) is 2.53. The first-order valence-electron chi connectivity index (χ1n) is 9.62. The minimum absolute atomic E-state index is 0.0901. The van der Waals surface area contributed by atoms with Crippen molar-refractivity contribution in [3.8, 4) is 0 Å². The Labute approximate surface area is 164 Å². The molecule has 152 valence electrons. The van der Waals surface area contributed by atoms with E-state index in [4.69, 9.17) is 9.47 Å². The molecular weight excluding hydrogens is 340 g/mol. The van der Waals surface area contributed by atoms with E-state index in [9.17, 15) is 4.79 Å². The molecule has 0 bridgehead atoms. The first-order chi connectivity index (χ1) is 12.6. The quantitative estimate of drug-likeness (QED) is 0.565. The van der Waals surface area contributed by atoms with Gasteiger partial charge in [-0.15, -0.1) is 0 Å². The summed E-state index contributed by atoms with van der Waals surface area (Å²) in [6.45, 7) is 18.4. The van der Waals surface area contributed by atoms with Gasteiger partial charge in [-0.25, -0.2) is 4.79 Å². The molecule has 0 fully saturated rings. The Hall–Kier alpha value is -1.85. The average molecular weight is 377 g/mol. The lowest BCUT2D eigenvalue weighted by molar-refractivity contribution is 0.0326. The van der Waals surface area contributed by atoms with Crippen LogP contribution in [0, 0.1) is 5.92 Å². The van der Waals surface area contributed by atoms with Crippen LogP contribution < -0.4 is 10.6 Å². The Bertz CT molecular complexity index is 611. The number of allylic oxidation sites excluding steroid dienone is 1. The smallest absolute Gasteiger partial charge is 0.315 e. The SMILES string of the molecule is C=C(C)c1cccc(C(C)(C)NC(=O)NC(C)COCCOCC(C)C)c1. The molecule has 5 heteroatoms. The normalized spacial score (nSPS) is 12.7. The van der Waals surface area contributed by atoms with Gasteiger partial charge in [-0.05, 0) is 50.8 Å². The van der Waals surface area contributed by atoms with Crippen molar-refractivity contribution in [3.63, 3.8) is 0 Å². The van der Waals surface area contributed by atoms with E-state index in [1.165, 1.54) is 0 Å². The third-order valence-electron chi connectivity index (χ3n) is 4.07. The van der Waals surface area contributed by atoms with Crippen molar-refractivity contribution in [2.24, 2.45) is 5.92 Å². The number of ether oxygens (including phenoxy) is 2. The second-order valence-corrected chi connectivity index (χ2v) is 8.03. The number of amides is 2. The maximum Gasteiger partial charge on any atom is 0.315 e. The van der Waals surface area contributed by atoms with Crippen molar-refractivity contribution in [3.05, 3.63) is 42.0 Å². The molecule has 0 saturated heterocycles. The average Bonchev–Trinajstić information content (AvgIpc) is 2.57. The van der Waals surface area contributed by atoms with Crippen LogP contribution in [-0.2, 0) is 15.0 Å². The molecule has 2 amide bonds. The van der Waals surface area contributed by atoms with Crippen molar-refractivity contribution in [1.29, 1.82) is 0 Å². The fourth-order valence-electron chi connectivity index (χ4n) is 2.53. The number of urea groups is 1. The molecule has 1 aromatic rings. The van der Waals surface area contributed by atoms with Gasteiger partial charge in [0.1, 0.15) is 0 Å². The lowest BCUT2D eigenvalue weighted by Gasteiger charge is -2.28. The fraction of sp³-hybridized carbons (Fsp3) is 0.591. The number of benzene rings is 1. The highest BCUT2D eigenvalue weighted by atomic mass is 16.5. The molecule has 0 aliphatic rings. The van der Waals surface area contributed by atoms with E-state index in [0.717, 1.165) is 23.3 Å². The Balaban J connectivity index is 2.41. The van der Waals surface area contributed by atoms with Crippen molar-refractivity contribution < 1.29 is 14.3 Å². The van der Waals surface area contributed by atoms with Crippen molar-refractivity contribution in [1.82, 2.24) is 10.6 Å². The predicted molar refractivity (Wildman–Crippen MR) is 112 cm³/mol. The van der Waals surface area contributed by atoms with Gasteiger partial charge in [-0.1, -0.05) is 44.2 Å². The Kier molecular flexibility index (Phi) is 9.53. The lowest BCUT2D eigenvalue weighted by Crippen LogP contribution is -2.49. The molecule has 0 radical (unpaired) electrons. The van der Waals surface area contributed by atoms with Gasteiger partial charge < -0.3 is 20.1 Å². The minimum atomic E-state index is -0.499. The van der Waals surface area contributed by atoms with Gasteiger partial charge >= 0.3 is 6.03 Å². The van der Waals surface area contributed by atoms with Gasteiger partial charge in [-0.3, -0.25) is 0 Å². The van der Waals surface area contributed by atoms with Crippen LogP contribution in [0.2, 0.25) is 0 Å². The highest BCUT2D eigenvalue weighted by molar-refractivity contribution is 5.75. The molecule has 1 unspecified atom stereocenters. The van der Waals surface area contributed by atoms with Crippen molar-refractivity contribution in [2.75, 3.05) is 26.4 Å². The zero-order valence-electron chi connectivity index (χ0n) is 17.7. The first-order valence-corrected chi connectivity index (χ1v) is 9.62. The van der Waals surface area contributed by atoms with E-state index < -0.39 is 5.54 Å². The molecule has 1 atom stereocenters. The standard InChI is InChI=1S/C22H36N2O3/c1-16(2)14-26-11-12-27-15-18(5)23-21(25)24-22(6,7)20-10-8-9-19(13-20)17(3)4/h8-10,13,16,18H,3,11-12,14-15H2,1-2,4-7H3,(H2,23,24,25). The highest BCUT2D eigenvalue weighted by Gasteiger charge is 2.23. The van der Waals surface area contributed by atoms with Gasteiger partial charge in [-0.2, -0.15) is 0 Å². The number of hydrogen-bond acceptors (Lipinski definition) is 3. The molecule has 0 aromatic heterocycles. The van der Waals surface area contributed by atoms with Crippen LogP contribution in [0.25, 0.3) is 5.57 Å². The molecule has 5 nitrogen and oxygen atoms in total. The van der Waals surface area contributed by atoms with Gasteiger partial charge in [0.05, 0.1) is 31.4 Å². The van der Waals surface area contributed by atoms with E-state index >= 15 is 0 Å². The third kappa shape index (κ3) is 9.07. The summed E-state index contributed by atoms with van der Waals surface area (Å²) in [6, 6.07) is 7.77. The van der Waals surface area contributed by atoms with Gasteiger partial charge in [0, 0.05) is 6.61 Å². The number of carbonyl (C=O) groups is 1. The lowest BCUT2D eigenvalue weighted by atomic mass is 9.92. The van der Waals surface area contributed by atoms with Crippen LogP contribution in [0.3, 0.4) is 0 Å². The van der Waals surface area contributed by atoms with E-state index in [-0.39, 0.29) is 12.1 Å². The summed E-state index contributed by atoms with van der Waals surface area (Å²) in [5.74, 6) is 0.522. The van der Waals surface area contributed by atoms with Crippen molar-refractivity contribution in [2.45, 2.75) is 53.1 Å². The number of nitrogens with one attached hydrogen (secondary N) is 2. The summed E-state index contributed by atoms with van der Waals surface area (Å²) in [4.78, 5) is 12.4. The van der Waals surface area contributed by atoms with Crippen LogP contribution in [0.5, 0.6) is 0 Å². The topological polar surface area (TPSA) is 59.6 Å². The highest BCUT2D eigenvalue weighted by Crippen LogP contribution is 2.23. The molecule has 0 aliphatic carbocycles. The molecule has 0 heterocycles. The summed E-state index contributed by atoms with van der Waals surface area (Å²) in [5, 5.41) is 5.95. The molecule has 0 spiro atoms. The summed E-state index contributed by atoms with van der Waals surface area (Å²) >= 11 is 0. The monoisotopic (exact) mass is 376 g/mol. The van der Waals surface area contributed by atoms with E-state index in [2.05, 4.69) is 37.1 Å². The molecule has 1 aromatic carbocycles. The van der Waals surface area contributed by atoms with Gasteiger partial charge in [0.25, 0.3) is 0 Å². The summed E-state index contributed by atoms with van der Waals surface area (Å²) in [7, 11) is 0. The first kappa shape index (κ1) is 23.2. The largest absolute Gasteiger partial charge is 0.379 e. The summed E-state index contributed by atoms with van der Waals surface area (Å²) < 4.78 is 11.0. The zero-order chi connectivity index (χ0) is 20.4. The van der Waals surface area contributed by atoms with Crippen molar-refractivity contribution >= 4 is 11.6 Å². The second-order valence-electron chi connectivity index (χ2n) is 8.03. The number of carbonyl (C=O) groups excluding carboxylic acids is 1. The van der Waals surface area contributed by atoms with Gasteiger partial charge in [0.2, 0.25) is 0 Å². The van der Waals surface area contributed by atoms with Crippen LogP contribution in [0.4, 0.5) is 4.79 Å². The molecule has 1 rings (SSSR count). The summed E-state index contributed by atoms with van der Waals surface area (Å²) in [6.07, 6.45) is 0. The second kappa shape index (κ2) is 11.1. The Morgan fingerprint density at radius 3 is 2.37 bits per heavy atom. The van der Waals surface area contributed by atoms with Crippen LogP contribution in [0.1, 0.15) is 52.7 Å². The maximum atomic E-state index is 12.4. The molecule has 0 saturated carbocycles. The summed E-state index contributed by atoms with van der Waals surface area (Å²) in [5.41, 5.74) is 2.61.